The number of hydrogen-bond donors (Lipinski definition) is 1. The van der Waals surface area contributed by atoms with Crippen LogP contribution in [0.25, 0.3) is 11.1 Å². The molecule has 1 aromatic heterocycles. The summed E-state index contributed by atoms with van der Waals surface area (Å²) in [6.45, 7) is 5.49. The van der Waals surface area contributed by atoms with Crippen LogP contribution in [-0.2, 0) is 6.54 Å². The first-order valence-electron chi connectivity index (χ1n) is 9.16. The molecule has 0 bridgehead atoms. The number of rotatable bonds is 4. The molecule has 1 aliphatic heterocycles. The highest BCUT2D eigenvalue weighted by atomic mass is 15.1. The summed E-state index contributed by atoms with van der Waals surface area (Å²) in [4.78, 5) is 2.56. The van der Waals surface area contributed by atoms with Crippen LogP contribution >= 0.6 is 0 Å². The minimum Gasteiger partial charge on any atom is -0.299 e. The van der Waals surface area contributed by atoms with E-state index in [4.69, 9.17) is 0 Å². The van der Waals surface area contributed by atoms with Crippen LogP contribution in [0.2, 0.25) is 0 Å². The van der Waals surface area contributed by atoms with E-state index in [0.29, 0.717) is 5.92 Å². The maximum Gasteiger partial charge on any atom is 0.0568 e. The number of aryl methyl sites for hydroxylation is 1. The van der Waals surface area contributed by atoms with Crippen LogP contribution in [0.1, 0.15) is 35.6 Å². The number of nitrogens with one attached hydrogen (secondary N) is 1. The van der Waals surface area contributed by atoms with Gasteiger partial charge in [-0.1, -0.05) is 60.2 Å². The van der Waals surface area contributed by atoms with Gasteiger partial charge >= 0.3 is 0 Å². The summed E-state index contributed by atoms with van der Waals surface area (Å²) in [5.41, 5.74) is 6.55. The van der Waals surface area contributed by atoms with Gasteiger partial charge in [-0.3, -0.25) is 10.00 Å². The van der Waals surface area contributed by atoms with E-state index in [1.54, 1.807) is 0 Å². The minimum absolute atomic E-state index is 0.574. The highest BCUT2D eigenvalue weighted by Crippen LogP contribution is 2.34. The van der Waals surface area contributed by atoms with Crippen LogP contribution in [0, 0.1) is 6.92 Å². The maximum absolute atomic E-state index is 4.35. The van der Waals surface area contributed by atoms with Crippen LogP contribution in [0.15, 0.2) is 60.8 Å². The molecule has 128 valence electrons. The summed E-state index contributed by atoms with van der Waals surface area (Å²) in [5, 5.41) is 7.64. The molecular formula is C22H25N3. The molecule has 0 atom stereocenters. The van der Waals surface area contributed by atoms with E-state index in [-0.39, 0.29) is 0 Å². The van der Waals surface area contributed by atoms with Gasteiger partial charge in [-0.05, 0) is 44.0 Å². The van der Waals surface area contributed by atoms with Crippen molar-refractivity contribution >= 4 is 0 Å². The molecule has 0 spiro atoms. The lowest BCUT2D eigenvalue weighted by Gasteiger charge is -2.32. The van der Waals surface area contributed by atoms with Crippen molar-refractivity contribution in [3.05, 3.63) is 77.6 Å². The van der Waals surface area contributed by atoms with Gasteiger partial charge in [0, 0.05) is 23.7 Å². The largest absolute Gasteiger partial charge is 0.299 e. The Morgan fingerprint density at radius 3 is 2.60 bits per heavy atom. The average molecular weight is 331 g/mol. The maximum atomic E-state index is 4.35. The fourth-order valence-corrected chi connectivity index (χ4v) is 3.87. The van der Waals surface area contributed by atoms with Gasteiger partial charge in [0.15, 0.2) is 0 Å². The lowest BCUT2D eigenvalue weighted by atomic mass is 9.89. The Balaban J connectivity index is 1.44. The summed E-state index contributed by atoms with van der Waals surface area (Å²) in [7, 11) is 0. The Bertz CT molecular complexity index is 814. The smallest absolute Gasteiger partial charge is 0.0568 e. The van der Waals surface area contributed by atoms with Crippen molar-refractivity contribution < 1.29 is 0 Å². The topological polar surface area (TPSA) is 31.9 Å². The number of nitrogens with zero attached hydrogens (tertiary/aromatic N) is 2. The molecule has 1 fully saturated rings. The fraction of sp³-hybridized carbons (Fsp3) is 0.318. The summed E-state index contributed by atoms with van der Waals surface area (Å²) in [6, 6.07) is 19.5. The quantitative estimate of drug-likeness (QED) is 0.747. The van der Waals surface area contributed by atoms with Gasteiger partial charge in [0.05, 0.1) is 6.20 Å². The molecule has 1 N–H and O–H groups in total. The third-order valence-electron chi connectivity index (χ3n) is 5.24. The Hall–Kier alpha value is -2.39. The Kier molecular flexibility index (Phi) is 4.66. The lowest BCUT2D eigenvalue weighted by Crippen LogP contribution is -2.32. The first-order chi connectivity index (χ1) is 12.3. The molecule has 2 aromatic carbocycles. The van der Waals surface area contributed by atoms with Crippen molar-refractivity contribution in [3.63, 3.8) is 0 Å². The average Bonchev–Trinajstić information content (AvgIpc) is 3.13. The van der Waals surface area contributed by atoms with Gasteiger partial charge in [0.1, 0.15) is 0 Å². The molecule has 3 aromatic rings. The van der Waals surface area contributed by atoms with E-state index >= 15 is 0 Å². The molecule has 25 heavy (non-hydrogen) atoms. The fourth-order valence-electron chi connectivity index (χ4n) is 3.87. The standard InChI is InChI=1S/C22H25N3/c1-17-6-5-9-20(14-17)21-15-23-24-22(21)19-10-12-25(13-11-19)16-18-7-3-2-4-8-18/h2-9,14-15,19H,10-13,16H2,1H3,(H,23,24). The summed E-state index contributed by atoms with van der Waals surface area (Å²) in [5.74, 6) is 0.574. The van der Waals surface area contributed by atoms with Crippen LogP contribution in [0.5, 0.6) is 0 Å². The van der Waals surface area contributed by atoms with Gasteiger partial charge in [-0.15, -0.1) is 0 Å². The first-order valence-corrected chi connectivity index (χ1v) is 9.16. The predicted octanol–water partition coefficient (Wildman–Crippen LogP) is 4.76. The van der Waals surface area contributed by atoms with Crippen molar-refractivity contribution in [3.8, 4) is 11.1 Å². The number of benzene rings is 2. The SMILES string of the molecule is Cc1cccc(-c2cn[nH]c2C2CCN(Cc3ccccc3)CC2)c1. The molecule has 2 heterocycles. The molecule has 1 saturated heterocycles. The number of H-pyrrole nitrogens is 1. The second-order valence-corrected chi connectivity index (χ2v) is 7.10. The van der Waals surface area contributed by atoms with E-state index in [2.05, 4.69) is 76.6 Å². The summed E-state index contributed by atoms with van der Waals surface area (Å²) >= 11 is 0. The van der Waals surface area contributed by atoms with Crippen molar-refractivity contribution in [2.75, 3.05) is 13.1 Å². The zero-order valence-electron chi connectivity index (χ0n) is 14.8. The second-order valence-electron chi connectivity index (χ2n) is 7.10. The highest BCUT2D eigenvalue weighted by molar-refractivity contribution is 5.66. The first kappa shape index (κ1) is 16.1. The van der Waals surface area contributed by atoms with Gasteiger partial charge in [-0.25, -0.2) is 0 Å². The molecule has 3 heteroatoms. The zero-order chi connectivity index (χ0) is 17.1. The minimum atomic E-state index is 0.574. The third-order valence-corrected chi connectivity index (χ3v) is 5.24. The van der Waals surface area contributed by atoms with E-state index in [9.17, 15) is 0 Å². The monoisotopic (exact) mass is 331 g/mol. The van der Waals surface area contributed by atoms with Crippen LogP contribution < -0.4 is 0 Å². The van der Waals surface area contributed by atoms with E-state index < -0.39 is 0 Å². The second kappa shape index (κ2) is 7.24. The molecule has 0 aliphatic carbocycles. The Morgan fingerprint density at radius 2 is 1.84 bits per heavy atom. The molecule has 0 radical (unpaired) electrons. The van der Waals surface area contributed by atoms with Crippen LogP contribution in [0.3, 0.4) is 0 Å². The van der Waals surface area contributed by atoms with Crippen LogP contribution in [-0.4, -0.2) is 28.2 Å². The normalized spacial score (nSPS) is 16.2. The van der Waals surface area contributed by atoms with E-state index in [0.717, 1.165) is 19.6 Å². The molecule has 0 amide bonds. The van der Waals surface area contributed by atoms with Gasteiger partial charge < -0.3 is 0 Å². The van der Waals surface area contributed by atoms with Gasteiger partial charge in [0.25, 0.3) is 0 Å². The van der Waals surface area contributed by atoms with Crippen LogP contribution in [0.4, 0.5) is 0 Å². The molecule has 3 nitrogen and oxygen atoms in total. The molecule has 1 aliphatic rings. The van der Waals surface area contributed by atoms with E-state index in [1.807, 2.05) is 6.20 Å². The number of likely N-dealkylation sites (tertiary alicyclic amines) is 1. The highest BCUT2D eigenvalue weighted by Gasteiger charge is 2.24. The van der Waals surface area contributed by atoms with Crippen molar-refractivity contribution in [2.45, 2.75) is 32.2 Å². The van der Waals surface area contributed by atoms with E-state index in [1.165, 1.54) is 40.8 Å². The van der Waals surface area contributed by atoms with Crippen molar-refractivity contribution in [1.82, 2.24) is 15.1 Å². The van der Waals surface area contributed by atoms with Crippen molar-refractivity contribution in [1.29, 1.82) is 0 Å². The molecule has 0 unspecified atom stereocenters. The summed E-state index contributed by atoms with van der Waals surface area (Å²) < 4.78 is 0. The molecule has 0 saturated carbocycles. The predicted molar refractivity (Wildman–Crippen MR) is 102 cm³/mol. The lowest BCUT2D eigenvalue weighted by molar-refractivity contribution is 0.203. The Morgan fingerprint density at radius 1 is 1.04 bits per heavy atom. The number of aromatic nitrogens is 2. The third kappa shape index (κ3) is 3.67. The number of piperidine rings is 1. The zero-order valence-corrected chi connectivity index (χ0v) is 14.8. The number of hydrogen-bond acceptors (Lipinski definition) is 2. The van der Waals surface area contributed by atoms with Gasteiger partial charge in [-0.2, -0.15) is 5.10 Å². The van der Waals surface area contributed by atoms with Gasteiger partial charge in [0.2, 0.25) is 0 Å². The molecular weight excluding hydrogens is 306 g/mol. The number of aromatic amines is 1. The van der Waals surface area contributed by atoms with Crippen molar-refractivity contribution in [2.24, 2.45) is 0 Å². The summed E-state index contributed by atoms with van der Waals surface area (Å²) in [6.07, 6.45) is 4.36. The Labute approximate surface area is 149 Å². The molecule has 4 rings (SSSR count).